The van der Waals surface area contributed by atoms with Crippen molar-refractivity contribution in [1.29, 1.82) is 0 Å². The van der Waals surface area contributed by atoms with Gasteiger partial charge in [-0.1, -0.05) is 13.8 Å². The highest BCUT2D eigenvalue weighted by Crippen LogP contribution is 2.40. The Morgan fingerprint density at radius 3 is 2.59 bits per heavy atom. The summed E-state index contributed by atoms with van der Waals surface area (Å²) in [6, 6.07) is 4.73. The lowest BCUT2D eigenvalue weighted by atomic mass is 9.91. The number of nitrogens with zero attached hydrogens (tertiary/aromatic N) is 2. The van der Waals surface area contributed by atoms with Gasteiger partial charge in [-0.15, -0.1) is 0 Å². The number of aromatic nitrogens is 2. The van der Waals surface area contributed by atoms with E-state index < -0.39 is 21.0 Å². The van der Waals surface area contributed by atoms with Crippen molar-refractivity contribution in [3.63, 3.8) is 0 Å². The number of halogens is 1. The Labute approximate surface area is 179 Å². The molecule has 0 fully saturated rings. The second-order valence-corrected chi connectivity index (χ2v) is 10.6. The molecule has 1 unspecified atom stereocenters. The first-order chi connectivity index (χ1) is 13.5. The minimum absolute atomic E-state index is 0.00278. The maximum absolute atomic E-state index is 13.3. The molecular formula is C20H24BrN3O4S. The van der Waals surface area contributed by atoms with Crippen LogP contribution in [0.1, 0.15) is 45.4 Å². The zero-order valence-corrected chi connectivity index (χ0v) is 19.2. The topological polar surface area (TPSA) is 98.2 Å². The van der Waals surface area contributed by atoms with Crippen LogP contribution < -0.4 is 10.1 Å². The standard InChI is InChI=1S/C20H24BrN3O4S/c1-5-20(12-14-15(28-20)8-10-23-17(14)21)18(25)24-19(3,4)16-11-13(7-9-22-16)29(26,27)6-2/h7-11H,5-6,12H2,1-4H3,(H,24,25). The first-order valence-electron chi connectivity index (χ1n) is 9.39. The molecule has 3 rings (SSSR count). The van der Waals surface area contributed by atoms with E-state index in [9.17, 15) is 13.2 Å². The average molecular weight is 482 g/mol. The Balaban J connectivity index is 1.88. The van der Waals surface area contributed by atoms with Crippen LogP contribution in [0.4, 0.5) is 0 Å². The number of amides is 1. The maximum Gasteiger partial charge on any atom is 0.265 e. The molecule has 0 radical (unpaired) electrons. The summed E-state index contributed by atoms with van der Waals surface area (Å²) in [6.45, 7) is 7.07. The average Bonchev–Trinajstić information content (AvgIpc) is 3.09. The van der Waals surface area contributed by atoms with Crippen LogP contribution in [0.2, 0.25) is 0 Å². The number of carbonyl (C=O) groups is 1. The lowest BCUT2D eigenvalue weighted by Gasteiger charge is -2.33. The fourth-order valence-electron chi connectivity index (χ4n) is 3.30. The number of fused-ring (bicyclic) bond motifs is 1. The van der Waals surface area contributed by atoms with Gasteiger partial charge in [0.15, 0.2) is 15.4 Å². The monoisotopic (exact) mass is 481 g/mol. The van der Waals surface area contributed by atoms with Crippen molar-refractivity contribution >= 4 is 31.7 Å². The highest BCUT2D eigenvalue weighted by molar-refractivity contribution is 9.10. The summed E-state index contributed by atoms with van der Waals surface area (Å²) in [4.78, 5) is 22.0. The highest BCUT2D eigenvalue weighted by Gasteiger charge is 2.47. The Hall–Kier alpha value is -2.00. The summed E-state index contributed by atoms with van der Waals surface area (Å²) in [5.41, 5.74) is -0.633. The molecule has 2 aromatic heterocycles. The van der Waals surface area contributed by atoms with Crippen molar-refractivity contribution in [2.45, 2.75) is 56.6 Å². The molecule has 29 heavy (non-hydrogen) atoms. The van der Waals surface area contributed by atoms with Gasteiger partial charge in [-0.3, -0.25) is 9.78 Å². The van der Waals surface area contributed by atoms with Crippen LogP contribution in [0, 0.1) is 0 Å². The van der Waals surface area contributed by atoms with Gasteiger partial charge in [-0.25, -0.2) is 13.4 Å². The minimum atomic E-state index is -3.37. The number of carbonyl (C=O) groups excluding carboxylic acids is 1. The van der Waals surface area contributed by atoms with Crippen molar-refractivity contribution < 1.29 is 17.9 Å². The van der Waals surface area contributed by atoms with Gasteiger partial charge in [0.05, 0.1) is 21.9 Å². The van der Waals surface area contributed by atoms with Crippen molar-refractivity contribution in [1.82, 2.24) is 15.3 Å². The molecule has 0 spiro atoms. The molecule has 0 bridgehead atoms. The molecule has 1 aliphatic heterocycles. The molecule has 2 aromatic rings. The van der Waals surface area contributed by atoms with Gasteiger partial charge < -0.3 is 10.1 Å². The number of rotatable bonds is 6. The number of ether oxygens (including phenoxy) is 1. The fraction of sp³-hybridized carbons (Fsp3) is 0.450. The zero-order valence-electron chi connectivity index (χ0n) is 16.8. The van der Waals surface area contributed by atoms with Crippen molar-refractivity contribution in [3.05, 3.63) is 46.5 Å². The van der Waals surface area contributed by atoms with E-state index in [2.05, 4.69) is 31.2 Å². The van der Waals surface area contributed by atoms with Crippen LogP contribution in [0.15, 0.2) is 40.1 Å². The van der Waals surface area contributed by atoms with Crippen LogP contribution in [0.5, 0.6) is 5.75 Å². The summed E-state index contributed by atoms with van der Waals surface area (Å²) >= 11 is 3.42. The molecule has 1 N–H and O–H groups in total. The number of sulfone groups is 1. The molecule has 3 heterocycles. The predicted octanol–water partition coefficient (Wildman–Crippen LogP) is 3.17. The van der Waals surface area contributed by atoms with E-state index in [1.165, 1.54) is 18.3 Å². The third-order valence-electron chi connectivity index (χ3n) is 5.25. The van der Waals surface area contributed by atoms with E-state index in [1.807, 2.05) is 6.92 Å². The van der Waals surface area contributed by atoms with Crippen molar-refractivity contribution in [2.24, 2.45) is 0 Å². The molecule has 1 aliphatic rings. The first-order valence-corrected chi connectivity index (χ1v) is 11.8. The first kappa shape index (κ1) is 21.7. The Morgan fingerprint density at radius 2 is 1.97 bits per heavy atom. The van der Waals surface area contributed by atoms with E-state index >= 15 is 0 Å². The Morgan fingerprint density at radius 1 is 1.28 bits per heavy atom. The summed E-state index contributed by atoms with van der Waals surface area (Å²) in [5, 5.41) is 3.00. The molecule has 9 heteroatoms. The predicted molar refractivity (Wildman–Crippen MR) is 112 cm³/mol. The smallest absolute Gasteiger partial charge is 0.265 e. The van der Waals surface area contributed by atoms with E-state index in [0.717, 1.165) is 5.56 Å². The molecule has 0 aliphatic carbocycles. The van der Waals surface area contributed by atoms with E-state index in [-0.39, 0.29) is 16.6 Å². The van der Waals surface area contributed by atoms with Crippen molar-refractivity contribution in [3.8, 4) is 5.75 Å². The summed E-state index contributed by atoms with van der Waals surface area (Å²) in [7, 11) is -3.37. The maximum atomic E-state index is 13.3. The summed E-state index contributed by atoms with van der Waals surface area (Å²) < 4.78 is 31.2. The molecule has 0 aromatic carbocycles. The Bertz CT molecular complexity index is 1060. The molecule has 1 amide bonds. The molecule has 156 valence electrons. The van der Waals surface area contributed by atoms with Crippen LogP contribution in [-0.2, 0) is 26.6 Å². The second kappa shape index (κ2) is 7.68. The number of nitrogens with one attached hydrogen (secondary N) is 1. The normalized spacial score (nSPS) is 18.8. The molecule has 0 saturated carbocycles. The van der Waals surface area contributed by atoms with E-state index in [1.54, 1.807) is 33.0 Å². The van der Waals surface area contributed by atoms with Gasteiger partial charge in [0, 0.05) is 24.4 Å². The van der Waals surface area contributed by atoms with Gasteiger partial charge in [0.25, 0.3) is 5.91 Å². The van der Waals surface area contributed by atoms with Crippen LogP contribution in [0.3, 0.4) is 0 Å². The number of hydrogen-bond donors (Lipinski definition) is 1. The number of hydrogen-bond acceptors (Lipinski definition) is 6. The van der Waals surface area contributed by atoms with Gasteiger partial charge >= 0.3 is 0 Å². The lowest BCUT2D eigenvalue weighted by molar-refractivity contribution is -0.137. The van der Waals surface area contributed by atoms with Gasteiger partial charge in [-0.05, 0) is 54.4 Å². The minimum Gasteiger partial charge on any atom is -0.477 e. The van der Waals surface area contributed by atoms with Crippen LogP contribution in [0.25, 0.3) is 0 Å². The highest BCUT2D eigenvalue weighted by atomic mass is 79.9. The molecular weight excluding hydrogens is 458 g/mol. The fourth-order valence-corrected chi connectivity index (χ4v) is 4.64. The Kier molecular flexibility index (Phi) is 5.75. The van der Waals surface area contributed by atoms with Crippen molar-refractivity contribution in [2.75, 3.05) is 5.75 Å². The third kappa shape index (κ3) is 4.02. The second-order valence-electron chi connectivity index (χ2n) is 7.56. The lowest BCUT2D eigenvalue weighted by Crippen LogP contribution is -2.55. The molecule has 1 atom stereocenters. The summed E-state index contributed by atoms with van der Waals surface area (Å²) in [6.07, 6.45) is 3.94. The van der Waals surface area contributed by atoms with Gasteiger partial charge in [0.2, 0.25) is 0 Å². The molecule has 7 nitrogen and oxygen atoms in total. The SMILES string of the molecule is CCC1(C(=O)NC(C)(C)c2cc(S(=O)(=O)CC)ccn2)Cc2c(ccnc2Br)O1. The quantitative estimate of drug-likeness (QED) is 0.636. The van der Waals surface area contributed by atoms with Crippen LogP contribution >= 0.6 is 15.9 Å². The summed E-state index contributed by atoms with van der Waals surface area (Å²) in [5.74, 6) is 0.353. The van der Waals surface area contributed by atoms with E-state index in [0.29, 0.717) is 28.9 Å². The zero-order chi connectivity index (χ0) is 21.4. The molecule has 0 saturated heterocycles. The third-order valence-corrected chi connectivity index (χ3v) is 7.67. The van der Waals surface area contributed by atoms with Gasteiger partial charge in [-0.2, -0.15) is 0 Å². The van der Waals surface area contributed by atoms with E-state index in [4.69, 9.17) is 4.74 Å². The van der Waals surface area contributed by atoms with Gasteiger partial charge in [0.1, 0.15) is 10.4 Å². The van der Waals surface area contributed by atoms with Crippen LogP contribution in [-0.4, -0.2) is 35.6 Å². The number of pyridine rings is 2. The largest absolute Gasteiger partial charge is 0.477 e.